The molecular formula is C16H22NO4+. The average molecular weight is 292 g/mol. The fourth-order valence-electron chi connectivity index (χ4n) is 3.39. The topological polar surface area (TPSA) is 44.8 Å². The largest absolute Gasteiger partial charge is 0.492 e. The molecule has 114 valence electrons. The Hall–Kier alpha value is -1.75. The van der Waals surface area contributed by atoms with Gasteiger partial charge in [0.15, 0.2) is 11.5 Å². The van der Waals surface area contributed by atoms with Gasteiger partial charge in [-0.25, -0.2) is 0 Å². The Morgan fingerprint density at radius 2 is 2.19 bits per heavy atom. The van der Waals surface area contributed by atoms with E-state index in [1.54, 1.807) is 14.0 Å². The number of methoxy groups -OCH3 is 1. The van der Waals surface area contributed by atoms with E-state index in [9.17, 15) is 4.79 Å². The molecule has 0 aromatic heterocycles. The van der Waals surface area contributed by atoms with Crippen LogP contribution in [-0.4, -0.2) is 44.8 Å². The molecule has 0 amide bonds. The maximum Gasteiger partial charge on any atom is 0.231 e. The second-order valence-electron chi connectivity index (χ2n) is 6.39. The Bertz CT molecular complexity index is 594. The molecule has 5 nitrogen and oxygen atoms in total. The smallest absolute Gasteiger partial charge is 0.231 e. The lowest BCUT2D eigenvalue weighted by Crippen LogP contribution is -2.48. The predicted molar refractivity (Wildman–Crippen MR) is 77.8 cm³/mol. The number of nitrogens with zero attached hydrogens (tertiary/aromatic N) is 1. The number of likely N-dealkylation sites (N-methyl/N-ethyl adjacent to an activating group) is 1. The van der Waals surface area contributed by atoms with Crippen LogP contribution in [0.5, 0.6) is 17.2 Å². The SMILES string of the molecule is COc1c2c(cc3c1[C@@H](CC(C)=O)[N+](C)(C)CC3)OCO2. The first kappa shape index (κ1) is 14.2. The highest BCUT2D eigenvalue weighted by Gasteiger charge is 2.41. The van der Waals surface area contributed by atoms with Crippen LogP contribution in [0.4, 0.5) is 0 Å². The zero-order chi connectivity index (χ0) is 15.2. The summed E-state index contributed by atoms with van der Waals surface area (Å²) in [6.45, 7) is 2.87. The molecule has 0 unspecified atom stereocenters. The van der Waals surface area contributed by atoms with Crippen LogP contribution in [0.2, 0.25) is 0 Å². The van der Waals surface area contributed by atoms with Crippen molar-refractivity contribution in [2.75, 3.05) is 34.5 Å². The number of benzene rings is 1. The molecule has 5 heteroatoms. The normalized spacial score (nSPS) is 21.8. The Labute approximate surface area is 125 Å². The fourth-order valence-corrected chi connectivity index (χ4v) is 3.39. The highest BCUT2D eigenvalue weighted by atomic mass is 16.7. The van der Waals surface area contributed by atoms with E-state index in [2.05, 4.69) is 14.1 Å². The predicted octanol–water partition coefficient (Wildman–Crippen LogP) is 2.08. The molecule has 2 aliphatic rings. The molecule has 2 aliphatic heterocycles. The van der Waals surface area contributed by atoms with Gasteiger partial charge in [-0.2, -0.15) is 0 Å². The first-order valence-electron chi connectivity index (χ1n) is 7.25. The molecule has 0 fully saturated rings. The van der Waals surface area contributed by atoms with Crippen molar-refractivity contribution in [2.45, 2.75) is 25.8 Å². The van der Waals surface area contributed by atoms with Gasteiger partial charge in [-0.05, 0) is 18.6 Å². The zero-order valence-electron chi connectivity index (χ0n) is 13.1. The summed E-state index contributed by atoms with van der Waals surface area (Å²) >= 11 is 0. The number of carbonyl (C=O) groups excluding carboxylic acids is 1. The summed E-state index contributed by atoms with van der Waals surface area (Å²) < 4.78 is 17.5. The van der Waals surface area contributed by atoms with E-state index >= 15 is 0 Å². The second-order valence-corrected chi connectivity index (χ2v) is 6.39. The Balaban J connectivity index is 2.18. The monoisotopic (exact) mass is 292 g/mol. The number of quaternary nitrogens is 1. The minimum Gasteiger partial charge on any atom is -0.492 e. The van der Waals surface area contributed by atoms with Crippen LogP contribution in [0.1, 0.15) is 30.5 Å². The maximum absolute atomic E-state index is 11.7. The molecule has 0 N–H and O–H groups in total. The summed E-state index contributed by atoms with van der Waals surface area (Å²) in [5.74, 6) is 2.35. The molecule has 1 aromatic carbocycles. The molecule has 2 heterocycles. The Morgan fingerprint density at radius 3 is 2.86 bits per heavy atom. The quantitative estimate of drug-likeness (QED) is 0.800. The van der Waals surface area contributed by atoms with Gasteiger partial charge in [0.1, 0.15) is 11.8 Å². The van der Waals surface area contributed by atoms with Crippen molar-refractivity contribution in [2.24, 2.45) is 0 Å². The summed E-state index contributed by atoms with van der Waals surface area (Å²) in [5.41, 5.74) is 2.31. The summed E-state index contributed by atoms with van der Waals surface area (Å²) in [7, 11) is 5.98. The van der Waals surface area contributed by atoms with Crippen LogP contribution in [-0.2, 0) is 11.2 Å². The first-order chi connectivity index (χ1) is 9.94. The first-order valence-corrected chi connectivity index (χ1v) is 7.25. The molecule has 1 atom stereocenters. The van der Waals surface area contributed by atoms with E-state index in [0.29, 0.717) is 12.2 Å². The molecule has 3 rings (SSSR count). The number of ketones is 1. The van der Waals surface area contributed by atoms with Crippen molar-refractivity contribution >= 4 is 5.78 Å². The number of hydrogen-bond donors (Lipinski definition) is 0. The lowest BCUT2D eigenvalue weighted by atomic mass is 9.87. The minimum atomic E-state index is 0.0932. The van der Waals surface area contributed by atoms with Crippen LogP contribution in [0.25, 0.3) is 0 Å². The van der Waals surface area contributed by atoms with E-state index in [0.717, 1.165) is 34.5 Å². The van der Waals surface area contributed by atoms with Crippen LogP contribution in [0.3, 0.4) is 0 Å². The van der Waals surface area contributed by atoms with E-state index in [1.807, 2.05) is 6.07 Å². The van der Waals surface area contributed by atoms with Gasteiger partial charge in [0, 0.05) is 6.42 Å². The molecular weight excluding hydrogens is 270 g/mol. The summed E-state index contributed by atoms with van der Waals surface area (Å²) in [4.78, 5) is 11.7. The molecule has 0 aliphatic carbocycles. The summed E-state index contributed by atoms with van der Waals surface area (Å²) in [5, 5.41) is 0. The van der Waals surface area contributed by atoms with Crippen LogP contribution >= 0.6 is 0 Å². The van der Waals surface area contributed by atoms with E-state index in [-0.39, 0.29) is 18.6 Å². The maximum atomic E-state index is 11.7. The molecule has 0 saturated heterocycles. The number of hydrogen-bond acceptors (Lipinski definition) is 4. The van der Waals surface area contributed by atoms with Crippen molar-refractivity contribution in [3.8, 4) is 17.2 Å². The zero-order valence-corrected chi connectivity index (χ0v) is 13.1. The van der Waals surface area contributed by atoms with Crippen molar-refractivity contribution < 1.29 is 23.5 Å². The second kappa shape index (κ2) is 4.91. The number of carbonyl (C=O) groups is 1. The standard InChI is InChI=1S/C16H22NO4/c1-10(18)7-12-14-11(5-6-17(12,2)3)8-13-15(16(14)19-4)21-9-20-13/h8,12H,5-7,9H2,1-4H3/q+1/t12-/m1/s1. The highest BCUT2D eigenvalue weighted by Crippen LogP contribution is 2.51. The Morgan fingerprint density at radius 1 is 1.43 bits per heavy atom. The highest BCUT2D eigenvalue weighted by molar-refractivity contribution is 5.77. The molecule has 0 radical (unpaired) electrons. The van der Waals surface area contributed by atoms with Crippen LogP contribution in [0, 0.1) is 0 Å². The van der Waals surface area contributed by atoms with Crippen molar-refractivity contribution in [1.82, 2.24) is 0 Å². The van der Waals surface area contributed by atoms with Gasteiger partial charge in [-0.15, -0.1) is 0 Å². The van der Waals surface area contributed by atoms with Crippen molar-refractivity contribution in [1.29, 1.82) is 0 Å². The number of rotatable bonds is 3. The van der Waals surface area contributed by atoms with Gasteiger partial charge in [0.05, 0.1) is 39.7 Å². The lowest BCUT2D eigenvalue weighted by Gasteiger charge is -2.43. The number of fused-ring (bicyclic) bond motifs is 2. The van der Waals surface area contributed by atoms with E-state index in [4.69, 9.17) is 14.2 Å². The summed E-state index contributed by atoms with van der Waals surface area (Å²) in [6.07, 6.45) is 1.46. The third kappa shape index (κ3) is 2.25. The van der Waals surface area contributed by atoms with Crippen LogP contribution in [0.15, 0.2) is 6.07 Å². The Kier molecular flexibility index (Phi) is 3.32. The molecule has 0 saturated carbocycles. The fraction of sp³-hybridized carbons (Fsp3) is 0.562. The van der Waals surface area contributed by atoms with Gasteiger partial charge in [-0.1, -0.05) is 0 Å². The van der Waals surface area contributed by atoms with Crippen molar-refractivity contribution in [3.63, 3.8) is 0 Å². The number of Topliss-reactive ketones (excluding diaryl/α,β-unsaturated/α-hetero) is 1. The van der Waals surface area contributed by atoms with Gasteiger partial charge >= 0.3 is 0 Å². The lowest BCUT2D eigenvalue weighted by molar-refractivity contribution is -0.922. The van der Waals surface area contributed by atoms with Crippen LogP contribution < -0.4 is 14.2 Å². The third-order valence-corrected chi connectivity index (χ3v) is 4.56. The summed E-state index contributed by atoms with van der Waals surface area (Å²) in [6, 6.07) is 2.14. The minimum absolute atomic E-state index is 0.0932. The van der Waals surface area contributed by atoms with E-state index < -0.39 is 0 Å². The molecule has 21 heavy (non-hydrogen) atoms. The molecule has 0 bridgehead atoms. The van der Waals surface area contributed by atoms with Gasteiger partial charge in [-0.3, -0.25) is 4.79 Å². The van der Waals surface area contributed by atoms with Crippen molar-refractivity contribution in [3.05, 3.63) is 17.2 Å². The van der Waals surface area contributed by atoms with Gasteiger partial charge < -0.3 is 18.7 Å². The third-order valence-electron chi connectivity index (χ3n) is 4.56. The molecule has 1 aromatic rings. The van der Waals surface area contributed by atoms with Gasteiger partial charge in [0.2, 0.25) is 12.5 Å². The molecule has 0 spiro atoms. The van der Waals surface area contributed by atoms with E-state index in [1.165, 1.54) is 5.56 Å². The number of ether oxygens (including phenoxy) is 3. The average Bonchev–Trinajstić information content (AvgIpc) is 2.87. The van der Waals surface area contributed by atoms with Gasteiger partial charge in [0.25, 0.3) is 0 Å².